The second-order valence-electron chi connectivity index (χ2n) is 24.8. The second-order valence-corrected chi connectivity index (χ2v) is 25.7. The zero-order valence-electron chi connectivity index (χ0n) is 46.0. The lowest BCUT2D eigenvalue weighted by atomic mass is 9.72. The van der Waals surface area contributed by atoms with Crippen LogP contribution in [0.25, 0.3) is 33.4 Å². The fraction of sp³-hybridized carbons (Fsp3) is 0.644. The summed E-state index contributed by atoms with van der Waals surface area (Å²) in [5.41, 5.74) is 10.7. The molecule has 1 aliphatic carbocycles. The quantitative estimate of drug-likeness (QED) is 0.148. The summed E-state index contributed by atoms with van der Waals surface area (Å²) in [5, 5.41) is 8.74. The van der Waals surface area contributed by atoms with Gasteiger partial charge in [-0.15, -0.1) is 11.3 Å². The Balaban J connectivity index is 0.999. The van der Waals surface area contributed by atoms with Gasteiger partial charge in [0.1, 0.15) is 23.2 Å². The van der Waals surface area contributed by atoms with E-state index >= 15 is 4.79 Å². The number of aromatic nitrogens is 3. The molecular formula is C59H77N9O8S. The number of nitrogens with one attached hydrogen (secondary N) is 2. The number of nitrogens with zero attached hydrogens (tertiary/aromatic N) is 7. The first-order valence-corrected chi connectivity index (χ1v) is 29.2. The number of amides is 2. The molecule has 6 atom stereocenters. The third kappa shape index (κ3) is 10.4. The van der Waals surface area contributed by atoms with Crippen LogP contribution >= 0.6 is 11.3 Å². The van der Waals surface area contributed by atoms with Gasteiger partial charge in [-0.2, -0.15) is 0 Å². The van der Waals surface area contributed by atoms with Gasteiger partial charge in [-0.05, 0) is 81.7 Å². The fourth-order valence-electron chi connectivity index (χ4n) is 13.0. The molecule has 17 nitrogen and oxygen atoms in total. The second kappa shape index (κ2) is 21.3. The van der Waals surface area contributed by atoms with E-state index in [-0.39, 0.29) is 65.7 Å². The van der Waals surface area contributed by atoms with Gasteiger partial charge in [-0.3, -0.25) is 34.2 Å². The smallest absolute Gasteiger partial charge is 0.325 e. The number of pyridine rings is 1. The molecule has 13 rings (SSSR count). The Bertz CT molecular complexity index is 2930. The summed E-state index contributed by atoms with van der Waals surface area (Å²) in [7, 11) is 2.18. The zero-order chi connectivity index (χ0) is 53.3. The van der Waals surface area contributed by atoms with Crippen molar-refractivity contribution >= 4 is 40.0 Å². The summed E-state index contributed by atoms with van der Waals surface area (Å²) in [5.74, 6) is 6.28. The maximum absolute atomic E-state index is 15.4. The van der Waals surface area contributed by atoms with Gasteiger partial charge in [0.25, 0.3) is 5.91 Å². The average Bonchev–Trinajstić information content (AvgIpc) is 4.04. The van der Waals surface area contributed by atoms with Gasteiger partial charge in [0.2, 0.25) is 5.91 Å². The Hall–Kier alpha value is -4.81. The zero-order valence-corrected chi connectivity index (χ0v) is 46.8. The SMILES string of the molecule is CC(C)c1ncc(C#C[C@H](C)N2CCN(C)CC2)cc1-c1c2c3cc(ccc3n1CCOC1CCOCC1)-c1csc(n1)[C@@H](N1CC3(COC3)C1)[C@H](NC(=O)[C@H]1OC[C@@H]1C)C(=O)N1N[C@H](C(=O)OCC(C)(C)C2)C2CC1C2. The summed E-state index contributed by atoms with van der Waals surface area (Å²) in [6.45, 7) is 22.8. The van der Waals surface area contributed by atoms with Crippen LogP contribution in [0.3, 0.4) is 0 Å². The van der Waals surface area contributed by atoms with Gasteiger partial charge in [0, 0.05) is 121 Å². The highest BCUT2D eigenvalue weighted by Crippen LogP contribution is 2.47. The van der Waals surface area contributed by atoms with E-state index < -0.39 is 29.6 Å². The molecule has 2 amide bonds. The predicted molar refractivity (Wildman–Crippen MR) is 293 cm³/mol. The Morgan fingerprint density at radius 1 is 1.03 bits per heavy atom. The molecule has 1 aromatic carbocycles. The maximum atomic E-state index is 15.4. The van der Waals surface area contributed by atoms with E-state index in [0.717, 1.165) is 94.3 Å². The largest absolute Gasteiger partial charge is 0.464 e. The van der Waals surface area contributed by atoms with Crippen LogP contribution in [0.15, 0.2) is 35.8 Å². The highest BCUT2D eigenvalue weighted by molar-refractivity contribution is 7.10. The highest BCUT2D eigenvalue weighted by atomic mass is 32.1. The van der Waals surface area contributed by atoms with Crippen LogP contribution in [0.2, 0.25) is 0 Å². The minimum Gasteiger partial charge on any atom is -0.464 e. The number of ether oxygens (including phenoxy) is 5. The van der Waals surface area contributed by atoms with Crippen molar-refractivity contribution in [2.24, 2.45) is 22.7 Å². The number of rotatable bonds is 10. The van der Waals surface area contributed by atoms with Crippen molar-refractivity contribution in [1.29, 1.82) is 0 Å². The molecule has 2 N–H and O–H groups in total. The van der Waals surface area contributed by atoms with Crippen LogP contribution in [0.4, 0.5) is 0 Å². The first-order chi connectivity index (χ1) is 37.1. The topological polar surface area (TPSA) is 165 Å². The van der Waals surface area contributed by atoms with Gasteiger partial charge in [0.15, 0.2) is 0 Å². The molecule has 0 radical (unpaired) electrons. The minimum absolute atomic E-state index is 0.00470. The average molecular weight is 1070 g/mol. The van der Waals surface area contributed by atoms with Crippen LogP contribution in [0, 0.1) is 34.5 Å². The first-order valence-electron chi connectivity index (χ1n) is 28.4. The van der Waals surface area contributed by atoms with Crippen molar-refractivity contribution in [2.45, 2.75) is 129 Å². The molecule has 0 unspecified atom stereocenters. The van der Waals surface area contributed by atoms with E-state index in [1.54, 1.807) is 5.01 Å². The Kier molecular flexibility index (Phi) is 14.7. The molecular weight excluding hydrogens is 995 g/mol. The molecule has 77 heavy (non-hydrogen) atoms. The number of fused-ring (bicyclic) bond motifs is 4. The van der Waals surface area contributed by atoms with Gasteiger partial charge in [0.05, 0.1) is 68.3 Å². The van der Waals surface area contributed by atoms with Gasteiger partial charge >= 0.3 is 5.97 Å². The molecule has 4 aromatic rings. The normalized spacial score (nSPS) is 29.1. The van der Waals surface area contributed by atoms with Crippen molar-refractivity contribution in [3.63, 3.8) is 0 Å². The van der Waals surface area contributed by atoms with E-state index in [9.17, 15) is 9.59 Å². The number of thiazole rings is 1. The number of carbonyl (C=O) groups excluding carboxylic acids is 3. The molecule has 8 fully saturated rings. The highest BCUT2D eigenvalue weighted by Gasteiger charge is 2.57. The standard InChI is InChI=1S/C59H77N9O8S/c1-35(2)48-44(22-38(27-60-48)9-8-37(4)65-16-14-64(7)15-17-65)51-45-26-58(5,6)32-76-57(71)49-40-23-41(24-40)68(63-49)56(70)50(62-54(69)53-36(3)28-75-53)52(66-30-59(31-66)33-73-34-59)55-61-46(29-77-55)39-10-11-47(43(45)25-39)67(51)18-21-74-42-12-19-72-20-13-42/h10-11,22,25,27,29,35-37,40-42,49-50,52-53,63H,12-21,23-24,26,28,30-34H2,1-7H3,(H,62,69)/t36-,37-,40?,41?,49-,50-,52-,53-/m0/s1. The molecule has 7 saturated heterocycles. The molecule has 11 heterocycles. The molecule has 1 spiro atoms. The van der Waals surface area contributed by atoms with Crippen molar-refractivity contribution in [3.8, 4) is 34.4 Å². The first kappa shape index (κ1) is 52.9. The van der Waals surface area contributed by atoms with Crippen molar-refractivity contribution < 1.29 is 38.1 Å². The molecule has 1 saturated carbocycles. The molecule has 8 aliphatic heterocycles. The van der Waals surface area contributed by atoms with Crippen molar-refractivity contribution in [1.82, 2.24) is 45.0 Å². The van der Waals surface area contributed by atoms with Crippen molar-refractivity contribution in [2.75, 3.05) is 92.6 Å². The Labute approximate surface area is 457 Å². The van der Waals surface area contributed by atoms with E-state index in [1.165, 1.54) is 11.3 Å². The number of benzene rings is 1. The monoisotopic (exact) mass is 1070 g/mol. The number of hydrogen-bond acceptors (Lipinski definition) is 15. The lowest BCUT2D eigenvalue weighted by Gasteiger charge is -2.58. The number of carbonyl (C=O) groups is 3. The molecule has 3 aromatic heterocycles. The van der Waals surface area contributed by atoms with Crippen LogP contribution < -0.4 is 10.7 Å². The lowest BCUT2D eigenvalue weighted by Crippen LogP contribution is -2.74. The minimum atomic E-state index is -1.02. The van der Waals surface area contributed by atoms with E-state index in [0.29, 0.717) is 78.5 Å². The Morgan fingerprint density at radius 2 is 1.81 bits per heavy atom. The summed E-state index contributed by atoms with van der Waals surface area (Å²) in [4.78, 5) is 61.9. The van der Waals surface area contributed by atoms with Gasteiger partial charge in [-0.1, -0.05) is 52.5 Å². The van der Waals surface area contributed by atoms with Crippen LogP contribution in [-0.2, 0) is 51.0 Å². The summed E-state index contributed by atoms with van der Waals surface area (Å²) >= 11 is 1.51. The number of likely N-dealkylation sites (tertiary alicyclic amines) is 1. The Morgan fingerprint density at radius 3 is 2.51 bits per heavy atom. The number of cyclic esters (lactones) is 1. The lowest BCUT2D eigenvalue weighted by molar-refractivity contribution is -0.204. The number of hydrogen-bond donors (Lipinski definition) is 2. The van der Waals surface area contributed by atoms with Gasteiger partial charge in [-0.25, -0.2) is 10.4 Å². The third-order valence-corrected chi connectivity index (χ3v) is 18.7. The number of likely N-dealkylation sites (N-methyl/N-ethyl adjacent to an activating group) is 1. The number of piperazine rings is 1. The number of esters is 1. The van der Waals surface area contributed by atoms with Crippen LogP contribution in [-0.4, -0.2) is 181 Å². The van der Waals surface area contributed by atoms with E-state index in [4.69, 9.17) is 33.7 Å². The summed E-state index contributed by atoms with van der Waals surface area (Å²) < 4.78 is 32.7. The van der Waals surface area contributed by atoms with Crippen molar-refractivity contribution in [3.05, 3.63) is 57.7 Å². The van der Waals surface area contributed by atoms with E-state index in [2.05, 4.69) is 113 Å². The molecule has 412 valence electrons. The summed E-state index contributed by atoms with van der Waals surface area (Å²) in [6, 6.07) is 6.50. The van der Waals surface area contributed by atoms with E-state index in [1.807, 2.05) is 13.1 Å². The van der Waals surface area contributed by atoms with Crippen LogP contribution in [0.5, 0.6) is 0 Å². The molecule has 18 heteroatoms. The fourth-order valence-corrected chi connectivity index (χ4v) is 14.0. The molecule has 9 aliphatic rings. The molecule has 8 bridgehead atoms. The number of hydrazine groups is 1. The van der Waals surface area contributed by atoms with Gasteiger partial charge < -0.3 is 38.5 Å². The summed E-state index contributed by atoms with van der Waals surface area (Å²) in [6.07, 6.45) is 5.02. The predicted octanol–water partition coefficient (Wildman–Crippen LogP) is 5.65. The maximum Gasteiger partial charge on any atom is 0.325 e. The van der Waals surface area contributed by atoms with Crippen LogP contribution in [0.1, 0.15) is 101 Å². The third-order valence-electron chi connectivity index (χ3n) is 17.8.